The van der Waals surface area contributed by atoms with E-state index < -0.39 is 40.3 Å². The molecule has 238 valence electrons. The summed E-state index contributed by atoms with van der Waals surface area (Å²) < 4.78 is 34.9. The summed E-state index contributed by atoms with van der Waals surface area (Å²) in [5.41, 5.74) is 1.49. The van der Waals surface area contributed by atoms with E-state index in [-0.39, 0.29) is 22.7 Å². The van der Waals surface area contributed by atoms with Gasteiger partial charge in [0.1, 0.15) is 18.0 Å². The minimum absolute atomic E-state index is 0.00117. The number of carboxylic acids is 1. The summed E-state index contributed by atoms with van der Waals surface area (Å²) in [6.45, 7) is 11.0. The number of anilines is 1. The first-order valence-electron chi connectivity index (χ1n) is 14.8. The van der Waals surface area contributed by atoms with Crippen LogP contribution in [0.15, 0.2) is 71.9 Å². The molecule has 0 saturated heterocycles. The van der Waals surface area contributed by atoms with Crippen molar-refractivity contribution in [2.75, 3.05) is 11.4 Å². The number of hydrogen-bond donors (Lipinski definition) is 2. The van der Waals surface area contributed by atoms with Crippen LogP contribution in [0.4, 0.5) is 10.6 Å². The number of pyridine rings is 2. The van der Waals surface area contributed by atoms with Gasteiger partial charge in [0, 0.05) is 6.20 Å². The molecule has 3 aromatic rings. The van der Waals surface area contributed by atoms with E-state index in [0.717, 1.165) is 29.7 Å². The zero-order valence-electron chi connectivity index (χ0n) is 26.4. The van der Waals surface area contributed by atoms with Crippen LogP contribution in [0.5, 0.6) is 0 Å². The number of carboxylic acid groups (broad SMARTS) is 1. The molecular weight excluding hydrogens is 580 g/mol. The molecule has 1 atom stereocenters. The van der Waals surface area contributed by atoms with Crippen LogP contribution in [-0.2, 0) is 31.4 Å². The van der Waals surface area contributed by atoms with Crippen LogP contribution >= 0.6 is 0 Å². The smallest absolute Gasteiger partial charge is 0.416 e. The van der Waals surface area contributed by atoms with Crippen molar-refractivity contribution in [3.05, 3.63) is 83.7 Å². The molecule has 0 aliphatic heterocycles. The summed E-state index contributed by atoms with van der Waals surface area (Å²) in [6.07, 6.45) is 5.31. The van der Waals surface area contributed by atoms with Crippen LogP contribution in [-0.4, -0.2) is 47.7 Å². The highest BCUT2D eigenvalue weighted by atomic mass is 32.2. The van der Waals surface area contributed by atoms with Gasteiger partial charge in [-0.25, -0.2) is 27.9 Å². The maximum Gasteiger partial charge on any atom is 0.416 e. The largest absolute Gasteiger partial charge is 0.480 e. The normalized spacial score (nSPS) is 12.9. The molecule has 0 aliphatic rings. The summed E-state index contributed by atoms with van der Waals surface area (Å²) in [6, 6.07) is 16.6. The molecule has 2 aromatic heterocycles. The topological polar surface area (TPSA) is 139 Å². The third kappa shape index (κ3) is 10.1. The monoisotopic (exact) mass is 624 g/mol. The minimum Gasteiger partial charge on any atom is -0.480 e. The predicted molar refractivity (Wildman–Crippen MR) is 170 cm³/mol. The summed E-state index contributed by atoms with van der Waals surface area (Å²) in [4.78, 5) is 34.1. The molecule has 1 amide bonds. The Morgan fingerprint density at radius 1 is 0.977 bits per heavy atom. The molecule has 10 nitrogen and oxygen atoms in total. The lowest BCUT2D eigenvalue weighted by Gasteiger charge is -2.27. The molecule has 0 saturated carbocycles. The van der Waals surface area contributed by atoms with Gasteiger partial charge >= 0.3 is 12.1 Å². The van der Waals surface area contributed by atoms with Gasteiger partial charge in [-0.2, -0.15) is 0 Å². The highest BCUT2D eigenvalue weighted by molar-refractivity contribution is 7.89. The summed E-state index contributed by atoms with van der Waals surface area (Å²) in [5.74, 6) is -1.24. The second-order valence-corrected chi connectivity index (χ2v) is 14.1. The van der Waals surface area contributed by atoms with Gasteiger partial charge in [0.25, 0.3) is 10.0 Å². The van der Waals surface area contributed by atoms with Crippen molar-refractivity contribution >= 4 is 27.9 Å². The summed E-state index contributed by atoms with van der Waals surface area (Å²) in [5, 5.41) is 9.36. The van der Waals surface area contributed by atoms with E-state index in [9.17, 15) is 23.1 Å². The second kappa shape index (κ2) is 14.8. The zero-order valence-corrected chi connectivity index (χ0v) is 27.2. The molecule has 3 rings (SSSR count). The molecule has 0 fully saturated rings. The lowest BCUT2D eigenvalue weighted by Crippen LogP contribution is -2.40. The highest BCUT2D eigenvalue weighted by Gasteiger charge is 2.29. The molecule has 0 aliphatic carbocycles. The number of benzene rings is 1. The number of amides is 1. The van der Waals surface area contributed by atoms with Crippen LogP contribution in [0.3, 0.4) is 0 Å². The van der Waals surface area contributed by atoms with Crippen LogP contribution in [0, 0.1) is 0 Å². The maximum absolute atomic E-state index is 13.4. The third-order valence-corrected chi connectivity index (χ3v) is 8.47. The van der Waals surface area contributed by atoms with E-state index in [1.54, 1.807) is 45.0 Å². The van der Waals surface area contributed by atoms with Gasteiger partial charge in [-0.3, -0.25) is 9.69 Å². The Morgan fingerprint density at radius 2 is 1.68 bits per heavy atom. The average Bonchev–Trinajstić information content (AvgIpc) is 2.95. The van der Waals surface area contributed by atoms with Crippen LogP contribution in [0.1, 0.15) is 90.1 Å². The number of aromatic nitrogens is 2. The molecule has 2 heterocycles. The lowest BCUT2D eigenvalue weighted by atomic mass is 9.79. The van der Waals surface area contributed by atoms with Gasteiger partial charge in [0.2, 0.25) is 0 Å². The zero-order chi connectivity index (χ0) is 32.5. The number of unbranched alkanes of at least 4 members (excludes halogenated alkanes) is 2. The standard InChI is InChI=1S/C33H44N4O6S/c1-7-8-10-20-33(5,6)25-18-16-24(17-19-25)22-27(36-44(41,42)29-15-9-11-21-34-29)26-13-12-14-28(35-26)37(23-30(38)39)31(40)43-32(2,3)4/h9,11-19,21,27,36H,7-8,10,20,22-23H2,1-6H3,(H,38,39). The van der Waals surface area contributed by atoms with Crippen LogP contribution < -0.4 is 9.62 Å². The number of ether oxygens (including phenoxy) is 1. The van der Waals surface area contributed by atoms with E-state index in [4.69, 9.17) is 4.74 Å². The van der Waals surface area contributed by atoms with E-state index in [1.165, 1.54) is 30.3 Å². The quantitative estimate of drug-likeness (QED) is 0.196. The first kappa shape index (κ1) is 34.7. The number of sulfonamides is 1. The molecular formula is C33H44N4O6S. The Kier molecular flexibility index (Phi) is 11.6. The van der Waals surface area contributed by atoms with E-state index in [0.29, 0.717) is 5.69 Å². The number of hydrogen-bond acceptors (Lipinski definition) is 7. The Bertz CT molecular complexity index is 1500. The molecule has 0 bridgehead atoms. The first-order chi connectivity index (χ1) is 20.6. The van der Waals surface area contributed by atoms with Gasteiger partial charge in [-0.05, 0) is 74.4 Å². The Balaban J connectivity index is 1.99. The molecule has 44 heavy (non-hydrogen) atoms. The summed E-state index contributed by atoms with van der Waals surface area (Å²) in [7, 11) is -4.06. The number of aliphatic carboxylic acids is 1. The molecule has 11 heteroatoms. The fraction of sp³-hybridized carbons (Fsp3) is 0.455. The number of rotatable bonds is 14. The van der Waals surface area contributed by atoms with Crippen LogP contribution in [0.2, 0.25) is 0 Å². The average molecular weight is 625 g/mol. The number of nitrogens with zero attached hydrogens (tertiary/aromatic N) is 3. The molecule has 1 unspecified atom stereocenters. The molecule has 1 aromatic carbocycles. The number of nitrogens with one attached hydrogen (secondary N) is 1. The number of carbonyl (C=O) groups excluding carboxylic acids is 1. The molecule has 0 radical (unpaired) electrons. The van der Waals surface area contributed by atoms with Crippen molar-refractivity contribution in [3.8, 4) is 0 Å². The fourth-order valence-electron chi connectivity index (χ4n) is 4.72. The highest BCUT2D eigenvalue weighted by Crippen LogP contribution is 2.30. The maximum atomic E-state index is 13.4. The summed E-state index contributed by atoms with van der Waals surface area (Å²) >= 11 is 0. The SMILES string of the molecule is CCCCCC(C)(C)c1ccc(CC(NS(=O)(=O)c2ccccn2)c2cccc(N(CC(=O)O)C(=O)OC(C)(C)C)n2)cc1. The Labute approximate surface area is 260 Å². The van der Waals surface area contributed by atoms with Gasteiger partial charge in [-0.15, -0.1) is 0 Å². The van der Waals surface area contributed by atoms with E-state index in [2.05, 4.69) is 47.6 Å². The Hall–Kier alpha value is -3.83. The van der Waals surface area contributed by atoms with Crippen LogP contribution in [0.25, 0.3) is 0 Å². The van der Waals surface area contributed by atoms with Gasteiger partial charge in [-0.1, -0.05) is 76.4 Å². The van der Waals surface area contributed by atoms with E-state index >= 15 is 0 Å². The van der Waals surface area contributed by atoms with Crippen molar-refractivity contribution in [1.29, 1.82) is 0 Å². The number of carbonyl (C=O) groups is 2. The van der Waals surface area contributed by atoms with Crippen molar-refractivity contribution in [1.82, 2.24) is 14.7 Å². The minimum atomic E-state index is -4.06. The fourth-order valence-corrected chi connectivity index (χ4v) is 5.88. The van der Waals surface area contributed by atoms with Gasteiger partial charge in [0.05, 0.1) is 11.7 Å². The predicted octanol–water partition coefficient (Wildman–Crippen LogP) is 6.42. The third-order valence-electron chi connectivity index (χ3n) is 7.09. The van der Waals surface area contributed by atoms with Gasteiger partial charge in [0.15, 0.2) is 5.03 Å². The van der Waals surface area contributed by atoms with Gasteiger partial charge < -0.3 is 9.84 Å². The van der Waals surface area contributed by atoms with Crippen molar-refractivity contribution in [2.45, 2.75) is 95.7 Å². The Morgan fingerprint density at radius 3 is 2.27 bits per heavy atom. The molecule has 0 spiro atoms. The first-order valence-corrected chi connectivity index (χ1v) is 16.3. The van der Waals surface area contributed by atoms with Crippen molar-refractivity contribution in [2.24, 2.45) is 0 Å². The lowest BCUT2D eigenvalue weighted by molar-refractivity contribution is -0.135. The van der Waals surface area contributed by atoms with Crippen molar-refractivity contribution in [3.63, 3.8) is 0 Å². The van der Waals surface area contributed by atoms with E-state index in [1.807, 2.05) is 12.1 Å². The van der Waals surface area contributed by atoms with Crippen molar-refractivity contribution < 1.29 is 27.9 Å². The second-order valence-electron chi connectivity index (χ2n) is 12.5. The molecule has 2 N–H and O–H groups in total.